The summed E-state index contributed by atoms with van der Waals surface area (Å²) in [5.41, 5.74) is 7.10. The van der Waals surface area contributed by atoms with E-state index in [0.717, 1.165) is 11.6 Å². The Bertz CT molecular complexity index is 1470. The van der Waals surface area contributed by atoms with E-state index in [0.29, 0.717) is 47.4 Å². The maximum Gasteiger partial charge on any atom is 0.350 e. The number of aliphatic carboxylic acids is 1. The molecule has 0 saturated heterocycles. The normalized spacial score (nSPS) is 11.1. The predicted octanol–water partition coefficient (Wildman–Crippen LogP) is 1.96. The Morgan fingerprint density at radius 2 is 1.77 bits per heavy atom. The number of carboxylic acid groups (broad SMARTS) is 1. The van der Waals surface area contributed by atoms with E-state index in [1.54, 1.807) is 50.6 Å². The number of aromatic nitrogens is 5. The molecule has 0 radical (unpaired) electrons. The van der Waals surface area contributed by atoms with Gasteiger partial charge in [-0.15, -0.1) is 9.78 Å². The van der Waals surface area contributed by atoms with Crippen LogP contribution in [0.5, 0.6) is 11.5 Å². The Labute approximate surface area is 229 Å². The molecule has 14 nitrogen and oxygen atoms in total. The number of H-pyrrole nitrogens is 1. The summed E-state index contributed by atoms with van der Waals surface area (Å²) in [6.45, 7) is 1.86. The number of nitrogens with one attached hydrogen (secondary N) is 3. The van der Waals surface area contributed by atoms with Crippen molar-refractivity contribution in [2.24, 2.45) is 5.73 Å². The third kappa shape index (κ3) is 8.13. The predicted molar refractivity (Wildman–Crippen MR) is 146 cm³/mol. The molecular weight excluding hydrogens is 520 g/mol. The van der Waals surface area contributed by atoms with Crippen LogP contribution < -0.4 is 26.2 Å². The number of hydrogen-bond donors (Lipinski definition) is 5. The van der Waals surface area contributed by atoms with E-state index in [1.165, 1.54) is 12.4 Å². The Morgan fingerprint density at radius 1 is 1.12 bits per heavy atom. The number of aromatic amines is 1. The van der Waals surface area contributed by atoms with Gasteiger partial charge in [0.2, 0.25) is 0 Å². The zero-order chi connectivity index (χ0) is 29.1. The van der Waals surface area contributed by atoms with Crippen LogP contribution in [-0.2, 0) is 9.53 Å². The van der Waals surface area contributed by atoms with E-state index < -0.39 is 17.7 Å². The van der Waals surface area contributed by atoms with E-state index in [1.807, 2.05) is 12.1 Å². The highest BCUT2D eigenvalue weighted by atomic mass is 16.5. The quantitative estimate of drug-likeness (QED) is 0.104. The molecule has 0 spiro atoms. The minimum atomic E-state index is -0.833. The summed E-state index contributed by atoms with van der Waals surface area (Å²) >= 11 is 0. The Kier molecular flexibility index (Phi) is 10.3. The van der Waals surface area contributed by atoms with Gasteiger partial charge in [-0.2, -0.15) is 0 Å². The van der Waals surface area contributed by atoms with E-state index in [9.17, 15) is 4.79 Å². The van der Waals surface area contributed by atoms with Gasteiger partial charge < -0.3 is 30.4 Å². The lowest BCUT2D eigenvalue weighted by molar-refractivity contribution is -0.134. The highest BCUT2D eigenvalue weighted by molar-refractivity contribution is 5.95. The van der Waals surface area contributed by atoms with Gasteiger partial charge in [0.25, 0.3) is 11.9 Å². The lowest BCUT2D eigenvalue weighted by Gasteiger charge is -2.20. The molecule has 1 atom stereocenters. The van der Waals surface area contributed by atoms with Gasteiger partial charge in [-0.3, -0.25) is 15.2 Å². The maximum absolute atomic E-state index is 12.7. The summed E-state index contributed by atoms with van der Waals surface area (Å²) in [6.07, 6.45) is 3.06. The second-order valence-corrected chi connectivity index (χ2v) is 8.15. The number of anilines is 1. The van der Waals surface area contributed by atoms with Crippen molar-refractivity contribution in [3.05, 3.63) is 88.4 Å². The monoisotopic (exact) mass is 550 g/mol. The fourth-order valence-corrected chi connectivity index (χ4v) is 3.43. The average Bonchev–Trinajstić information content (AvgIpc) is 3.33. The van der Waals surface area contributed by atoms with Gasteiger partial charge in [-0.25, -0.2) is 14.8 Å². The van der Waals surface area contributed by atoms with Gasteiger partial charge in [0.15, 0.2) is 5.82 Å². The van der Waals surface area contributed by atoms with Gasteiger partial charge in [0.05, 0.1) is 13.7 Å². The van der Waals surface area contributed by atoms with Crippen LogP contribution in [0.3, 0.4) is 0 Å². The van der Waals surface area contributed by atoms with Crippen LogP contribution in [0.4, 0.5) is 5.69 Å². The first kappa shape index (κ1) is 29.3. The van der Waals surface area contributed by atoms with Crippen LogP contribution in [0.25, 0.3) is 5.95 Å². The number of benzene rings is 2. The maximum atomic E-state index is 12.7. The molecule has 0 unspecified atom stereocenters. The molecule has 0 fully saturated rings. The van der Waals surface area contributed by atoms with Crippen LogP contribution in [-0.4, -0.2) is 69.1 Å². The largest absolute Gasteiger partial charge is 0.497 e. The third-order valence-corrected chi connectivity index (χ3v) is 5.18. The molecule has 2 aromatic carbocycles. The average molecular weight is 551 g/mol. The Morgan fingerprint density at radius 3 is 2.38 bits per heavy atom. The van der Waals surface area contributed by atoms with Crippen LogP contribution >= 0.6 is 0 Å². The molecule has 4 rings (SSSR count). The summed E-state index contributed by atoms with van der Waals surface area (Å²) in [4.78, 5) is 32.8. The fraction of sp³-hybridized carbons (Fsp3) is 0.231. The number of nitrogen functional groups attached to an aromatic ring is 1. The van der Waals surface area contributed by atoms with Crippen LogP contribution in [0, 0.1) is 5.41 Å². The summed E-state index contributed by atoms with van der Waals surface area (Å²) in [5.74, 6) is 0.720. The molecule has 0 bridgehead atoms. The van der Waals surface area contributed by atoms with Crippen molar-refractivity contribution in [1.29, 1.82) is 5.41 Å². The van der Waals surface area contributed by atoms with Crippen molar-refractivity contribution in [2.45, 2.75) is 13.0 Å². The summed E-state index contributed by atoms with van der Waals surface area (Å²) < 4.78 is 17.5. The second kappa shape index (κ2) is 14.1. The number of rotatable bonds is 11. The first-order chi connectivity index (χ1) is 19.2. The van der Waals surface area contributed by atoms with Crippen molar-refractivity contribution >= 4 is 17.5 Å². The molecule has 0 aliphatic heterocycles. The van der Waals surface area contributed by atoms with Gasteiger partial charge in [0.1, 0.15) is 30.0 Å². The van der Waals surface area contributed by atoms with Crippen molar-refractivity contribution < 1.29 is 24.1 Å². The highest BCUT2D eigenvalue weighted by Crippen LogP contribution is 2.31. The van der Waals surface area contributed by atoms with Crippen molar-refractivity contribution in [2.75, 3.05) is 32.8 Å². The number of carbonyl (C=O) groups is 1. The molecule has 0 aliphatic carbocycles. The summed E-state index contributed by atoms with van der Waals surface area (Å²) in [6, 6.07) is 13.5. The van der Waals surface area contributed by atoms with E-state index in [-0.39, 0.29) is 11.8 Å². The number of amidine groups is 1. The number of hydrogen-bond acceptors (Lipinski definition) is 10. The van der Waals surface area contributed by atoms with Crippen molar-refractivity contribution in [3.8, 4) is 17.4 Å². The smallest absolute Gasteiger partial charge is 0.350 e. The summed E-state index contributed by atoms with van der Waals surface area (Å²) in [5, 5.41) is 22.9. The third-order valence-electron chi connectivity index (χ3n) is 5.18. The first-order valence-corrected chi connectivity index (χ1v) is 11.9. The lowest BCUT2D eigenvalue weighted by Crippen LogP contribution is -2.18. The molecule has 4 aromatic rings. The van der Waals surface area contributed by atoms with Gasteiger partial charge in [-0.05, 0) is 48.0 Å². The molecule has 0 saturated carbocycles. The van der Waals surface area contributed by atoms with Crippen molar-refractivity contribution in [3.63, 3.8) is 0 Å². The van der Waals surface area contributed by atoms with Gasteiger partial charge in [0, 0.05) is 43.7 Å². The number of nitrogens with two attached hydrogens (primary N) is 1. The number of carboxylic acids is 1. The van der Waals surface area contributed by atoms with E-state index >= 15 is 0 Å². The number of methoxy groups -OCH3 is 2. The lowest BCUT2D eigenvalue weighted by atomic mass is 10.0. The zero-order valence-corrected chi connectivity index (χ0v) is 22.1. The van der Waals surface area contributed by atoms with Gasteiger partial charge >= 0.3 is 5.69 Å². The Hall–Kier alpha value is -5.24. The molecule has 40 heavy (non-hydrogen) atoms. The van der Waals surface area contributed by atoms with E-state index in [4.69, 9.17) is 35.3 Å². The molecule has 2 aromatic heterocycles. The minimum absolute atomic E-state index is 0.0327. The highest BCUT2D eigenvalue weighted by Gasteiger charge is 2.22. The summed E-state index contributed by atoms with van der Waals surface area (Å²) in [7, 11) is 3.16. The topological polar surface area (TPSA) is 203 Å². The van der Waals surface area contributed by atoms with E-state index in [2.05, 4.69) is 25.4 Å². The van der Waals surface area contributed by atoms with Gasteiger partial charge in [-0.1, -0.05) is 0 Å². The Balaban J connectivity index is 0.00000103. The molecule has 0 aliphatic rings. The van der Waals surface area contributed by atoms with Crippen molar-refractivity contribution in [1.82, 2.24) is 24.7 Å². The second-order valence-electron chi connectivity index (χ2n) is 8.15. The molecule has 210 valence electrons. The molecule has 14 heteroatoms. The molecule has 0 amide bonds. The minimum Gasteiger partial charge on any atom is -0.497 e. The number of nitrogens with zero attached hydrogens (tertiary/aromatic N) is 4. The zero-order valence-electron chi connectivity index (χ0n) is 22.1. The van der Waals surface area contributed by atoms with Crippen LogP contribution in [0.2, 0.25) is 0 Å². The molecule has 6 N–H and O–H groups in total. The van der Waals surface area contributed by atoms with Crippen LogP contribution in [0.1, 0.15) is 29.9 Å². The fourth-order valence-electron chi connectivity index (χ4n) is 3.43. The number of ether oxygens (including phenoxy) is 3. The standard InChI is InChI=1S/C24H26N8O4.C2H4O2/c1-34-10-11-36-19-13-16(12-18(14-19)35-2)20(29-17-6-4-15(5-7-17)21(25)26)22-30-24(33)32(31-22)23-27-8-3-9-28-23;1-2(3)4/h3-9,12-14,20,29H,10-11H2,1-2H3,(H3,25,26)(H,30,31,33);1H3,(H,3,4)/t20-;/m0./s1. The molecular formula is C26H30N8O6. The first-order valence-electron chi connectivity index (χ1n) is 11.9. The van der Waals surface area contributed by atoms with Crippen LogP contribution in [0.15, 0.2) is 65.7 Å². The SMILES string of the molecule is CC(=O)O.COCCOc1cc(OC)cc([C@H](Nc2ccc(C(=N)N)cc2)c2nn(-c3ncccn3)c(=O)[nH]2)c1. The molecule has 2 heterocycles.